The molecule has 24 heavy (non-hydrogen) atoms. The summed E-state index contributed by atoms with van der Waals surface area (Å²) in [5, 5.41) is 7.91. The molecule has 0 radical (unpaired) electrons. The van der Waals surface area contributed by atoms with Crippen LogP contribution in [0.5, 0.6) is 0 Å². The van der Waals surface area contributed by atoms with Gasteiger partial charge in [0.1, 0.15) is 0 Å². The van der Waals surface area contributed by atoms with E-state index in [0.29, 0.717) is 5.92 Å². The third-order valence-electron chi connectivity index (χ3n) is 3.93. The summed E-state index contributed by atoms with van der Waals surface area (Å²) >= 11 is 1.74. The number of thiazole rings is 1. The third-order valence-corrected chi connectivity index (χ3v) is 5.00. The molecule has 0 aromatic carbocycles. The second kappa shape index (κ2) is 11.2. The lowest BCUT2D eigenvalue weighted by Crippen LogP contribution is -2.43. The standard InChI is InChI=1S/C16H29N5OS.HI/c1-12(11-21-5-7-22-8-6-21)9-18-16(17-4)19-10-15-13(2)20-14(3)23-15;/h12H,5-11H2,1-4H3,(H2,17,18,19);1H. The van der Waals surface area contributed by atoms with Gasteiger partial charge in [-0.05, 0) is 19.8 Å². The number of hydrogen-bond donors (Lipinski definition) is 2. The Bertz CT molecular complexity index is 517. The normalized spacial score (nSPS) is 17.2. The number of aryl methyl sites for hydroxylation is 2. The molecule has 0 bridgehead atoms. The van der Waals surface area contributed by atoms with Crippen molar-refractivity contribution in [3.8, 4) is 0 Å². The number of morpholine rings is 1. The first-order valence-corrected chi connectivity index (χ1v) is 9.07. The number of ether oxygens (including phenoxy) is 1. The minimum Gasteiger partial charge on any atom is -0.379 e. The van der Waals surface area contributed by atoms with Crippen molar-refractivity contribution < 1.29 is 4.74 Å². The van der Waals surface area contributed by atoms with E-state index in [0.717, 1.165) is 62.6 Å². The molecule has 2 heterocycles. The third kappa shape index (κ3) is 7.20. The minimum atomic E-state index is 0. The summed E-state index contributed by atoms with van der Waals surface area (Å²) in [6.45, 7) is 13.0. The van der Waals surface area contributed by atoms with Crippen molar-refractivity contribution in [2.45, 2.75) is 27.3 Å². The fraction of sp³-hybridized carbons (Fsp3) is 0.750. The molecule has 1 saturated heterocycles. The van der Waals surface area contributed by atoms with E-state index in [9.17, 15) is 0 Å². The highest BCUT2D eigenvalue weighted by Gasteiger charge is 2.14. The molecule has 138 valence electrons. The molecule has 1 aromatic rings. The second-order valence-corrected chi connectivity index (χ2v) is 7.35. The molecule has 8 heteroatoms. The fourth-order valence-electron chi connectivity index (χ4n) is 2.68. The molecule has 2 N–H and O–H groups in total. The lowest BCUT2D eigenvalue weighted by Gasteiger charge is -2.29. The fourth-order valence-corrected chi connectivity index (χ4v) is 3.56. The first-order chi connectivity index (χ1) is 11.1. The number of guanidine groups is 1. The average molecular weight is 467 g/mol. The predicted molar refractivity (Wildman–Crippen MR) is 112 cm³/mol. The van der Waals surface area contributed by atoms with Gasteiger partial charge in [-0.1, -0.05) is 6.92 Å². The van der Waals surface area contributed by atoms with Crippen molar-refractivity contribution >= 4 is 41.3 Å². The SMILES string of the molecule is CN=C(NCc1sc(C)nc1C)NCC(C)CN1CCOCC1.I. The van der Waals surface area contributed by atoms with Gasteiger partial charge in [-0.2, -0.15) is 0 Å². The van der Waals surface area contributed by atoms with Gasteiger partial charge in [0.25, 0.3) is 0 Å². The van der Waals surface area contributed by atoms with Gasteiger partial charge < -0.3 is 15.4 Å². The Kier molecular flexibility index (Phi) is 10.1. The molecule has 1 atom stereocenters. The topological polar surface area (TPSA) is 61.8 Å². The number of hydrogen-bond acceptors (Lipinski definition) is 5. The second-order valence-electron chi connectivity index (χ2n) is 6.07. The molecule has 1 aliphatic heterocycles. The molecule has 1 unspecified atom stereocenters. The summed E-state index contributed by atoms with van der Waals surface area (Å²) in [6, 6.07) is 0. The van der Waals surface area contributed by atoms with Gasteiger partial charge in [0.2, 0.25) is 0 Å². The minimum absolute atomic E-state index is 0. The number of halogens is 1. The summed E-state index contributed by atoms with van der Waals surface area (Å²) in [4.78, 5) is 12.5. The van der Waals surface area contributed by atoms with E-state index in [2.05, 4.69) is 39.4 Å². The van der Waals surface area contributed by atoms with Crippen molar-refractivity contribution in [3.63, 3.8) is 0 Å². The number of nitrogens with one attached hydrogen (secondary N) is 2. The number of rotatable bonds is 6. The van der Waals surface area contributed by atoms with Gasteiger partial charge in [-0.3, -0.25) is 9.89 Å². The van der Waals surface area contributed by atoms with Crippen LogP contribution in [0, 0.1) is 19.8 Å². The van der Waals surface area contributed by atoms with Crippen molar-refractivity contribution in [1.82, 2.24) is 20.5 Å². The van der Waals surface area contributed by atoms with Crippen LogP contribution >= 0.6 is 35.3 Å². The van der Waals surface area contributed by atoms with Crippen LogP contribution < -0.4 is 10.6 Å². The highest BCUT2D eigenvalue weighted by atomic mass is 127. The Morgan fingerprint density at radius 2 is 2.04 bits per heavy atom. The van der Waals surface area contributed by atoms with Crippen molar-refractivity contribution in [2.75, 3.05) is 46.4 Å². The summed E-state index contributed by atoms with van der Waals surface area (Å²) in [5.74, 6) is 1.42. The van der Waals surface area contributed by atoms with Crippen molar-refractivity contribution in [1.29, 1.82) is 0 Å². The monoisotopic (exact) mass is 467 g/mol. The Balaban J connectivity index is 0.00000288. The molecule has 0 saturated carbocycles. The van der Waals surface area contributed by atoms with Gasteiger partial charge in [-0.25, -0.2) is 4.98 Å². The number of nitrogens with zero attached hydrogens (tertiary/aromatic N) is 3. The molecular formula is C16H30IN5OS. The largest absolute Gasteiger partial charge is 0.379 e. The Hall–Kier alpha value is -0.450. The van der Waals surface area contributed by atoms with E-state index in [1.54, 1.807) is 11.3 Å². The Morgan fingerprint density at radius 3 is 2.62 bits per heavy atom. The number of aliphatic imine (C=N–C) groups is 1. The molecule has 1 aliphatic rings. The summed E-state index contributed by atoms with van der Waals surface area (Å²) < 4.78 is 5.39. The highest BCUT2D eigenvalue weighted by molar-refractivity contribution is 14.0. The van der Waals surface area contributed by atoms with Crippen molar-refractivity contribution in [3.05, 3.63) is 15.6 Å². The molecule has 0 aliphatic carbocycles. The summed E-state index contributed by atoms with van der Waals surface area (Å²) in [6.07, 6.45) is 0. The van der Waals surface area contributed by atoms with Gasteiger partial charge in [0, 0.05) is 38.1 Å². The van der Waals surface area contributed by atoms with Crippen LogP contribution in [0.3, 0.4) is 0 Å². The molecule has 0 spiro atoms. The maximum absolute atomic E-state index is 5.39. The maximum Gasteiger partial charge on any atom is 0.191 e. The molecule has 2 rings (SSSR count). The molecule has 0 amide bonds. The van der Waals surface area contributed by atoms with E-state index in [4.69, 9.17) is 4.74 Å². The van der Waals surface area contributed by atoms with Gasteiger partial charge in [0.05, 0.1) is 30.5 Å². The molecular weight excluding hydrogens is 437 g/mol. The first kappa shape index (κ1) is 21.6. The van der Waals surface area contributed by atoms with E-state index in [1.165, 1.54) is 4.88 Å². The van der Waals surface area contributed by atoms with Crippen LogP contribution in [-0.2, 0) is 11.3 Å². The Morgan fingerprint density at radius 1 is 1.33 bits per heavy atom. The number of aromatic nitrogens is 1. The smallest absolute Gasteiger partial charge is 0.191 e. The predicted octanol–water partition coefficient (Wildman–Crippen LogP) is 2.01. The lowest BCUT2D eigenvalue weighted by molar-refractivity contribution is 0.0320. The molecule has 1 fully saturated rings. The van der Waals surface area contributed by atoms with Gasteiger partial charge in [0.15, 0.2) is 5.96 Å². The highest BCUT2D eigenvalue weighted by Crippen LogP contribution is 2.16. The summed E-state index contributed by atoms with van der Waals surface area (Å²) in [7, 11) is 1.81. The maximum atomic E-state index is 5.39. The Labute approximate surface area is 166 Å². The first-order valence-electron chi connectivity index (χ1n) is 8.26. The summed E-state index contributed by atoms with van der Waals surface area (Å²) in [5.41, 5.74) is 1.11. The van der Waals surface area contributed by atoms with Crippen LogP contribution in [0.4, 0.5) is 0 Å². The van der Waals surface area contributed by atoms with E-state index < -0.39 is 0 Å². The van der Waals surface area contributed by atoms with Crippen LogP contribution in [-0.4, -0.2) is 62.3 Å². The molecule has 1 aromatic heterocycles. The van der Waals surface area contributed by atoms with Crippen LogP contribution in [0.15, 0.2) is 4.99 Å². The molecule has 6 nitrogen and oxygen atoms in total. The average Bonchev–Trinajstić information content (AvgIpc) is 2.86. The lowest BCUT2D eigenvalue weighted by atomic mass is 10.1. The van der Waals surface area contributed by atoms with Gasteiger partial charge in [-0.15, -0.1) is 35.3 Å². The van der Waals surface area contributed by atoms with Gasteiger partial charge >= 0.3 is 0 Å². The van der Waals surface area contributed by atoms with Crippen molar-refractivity contribution in [2.24, 2.45) is 10.9 Å². The zero-order valence-corrected chi connectivity index (χ0v) is 18.2. The van der Waals surface area contributed by atoms with E-state index >= 15 is 0 Å². The zero-order valence-electron chi connectivity index (χ0n) is 15.1. The quantitative estimate of drug-likeness (QED) is 0.381. The van der Waals surface area contributed by atoms with Crippen LogP contribution in [0.1, 0.15) is 22.5 Å². The van der Waals surface area contributed by atoms with Crippen LogP contribution in [0.25, 0.3) is 0 Å². The van der Waals surface area contributed by atoms with E-state index in [1.807, 2.05) is 14.0 Å². The van der Waals surface area contributed by atoms with Crippen LogP contribution in [0.2, 0.25) is 0 Å². The zero-order chi connectivity index (χ0) is 16.7. The van der Waals surface area contributed by atoms with E-state index in [-0.39, 0.29) is 24.0 Å².